The van der Waals surface area contributed by atoms with E-state index in [-0.39, 0.29) is 11.4 Å². The van der Waals surface area contributed by atoms with Crippen LogP contribution in [-0.4, -0.2) is 22.6 Å². The average Bonchev–Trinajstić information content (AvgIpc) is 2.52. The van der Waals surface area contributed by atoms with Gasteiger partial charge in [0.05, 0.1) is 4.47 Å². The molecule has 5 heteroatoms. The Morgan fingerprint density at radius 3 is 2.87 bits per heavy atom. The third-order valence-corrected chi connectivity index (χ3v) is 5.55. The van der Waals surface area contributed by atoms with E-state index in [9.17, 15) is 9.18 Å². The molecule has 2 aromatic rings. The van der Waals surface area contributed by atoms with Gasteiger partial charge in [0.25, 0.3) is 5.56 Å². The molecule has 1 aromatic heterocycles. The van der Waals surface area contributed by atoms with Crippen LogP contribution in [0.3, 0.4) is 0 Å². The molecule has 2 bridgehead atoms. The zero-order valence-corrected chi connectivity index (χ0v) is 14.3. The van der Waals surface area contributed by atoms with E-state index >= 15 is 0 Å². The molecule has 3 nitrogen and oxygen atoms in total. The van der Waals surface area contributed by atoms with E-state index in [4.69, 9.17) is 0 Å². The number of fused-ring (bicyclic) bond motifs is 4. The highest BCUT2D eigenvalue weighted by atomic mass is 79.9. The van der Waals surface area contributed by atoms with Crippen LogP contribution in [-0.2, 0) is 13.1 Å². The largest absolute Gasteiger partial charge is 0.312 e. The second-order valence-electron chi connectivity index (χ2n) is 6.64. The molecular weight excluding hydrogens is 359 g/mol. The van der Waals surface area contributed by atoms with E-state index in [0.717, 1.165) is 38.2 Å². The van der Waals surface area contributed by atoms with Gasteiger partial charge in [0.15, 0.2) is 0 Å². The molecule has 0 saturated carbocycles. The molecule has 23 heavy (non-hydrogen) atoms. The number of hydrogen-bond acceptors (Lipinski definition) is 2. The lowest BCUT2D eigenvalue weighted by atomic mass is 9.83. The Bertz CT molecular complexity index is 804. The van der Waals surface area contributed by atoms with Gasteiger partial charge in [-0.1, -0.05) is 12.1 Å². The molecule has 1 fully saturated rings. The molecule has 1 aromatic carbocycles. The van der Waals surface area contributed by atoms with Crippen molar-refractivity contribution in [3.63, 3.8) is 0 Å². The van der Waals surface area contributed by atoms with Crippen LogP contribution in [0.5, 0.6) is 0 Å². The van der Waals surface area contributed by atoms with Crippen molar-refractivity contribution in [1.29, 1.82) is 0 Å². The quantitative estimate of drug-likeness (QED) is 0.802. The molecule has 0 radical (unpaired) electrons. The van der Waals surface area contributed by atoms with Gasteiger partial charge in [0, 0.05) is 43.9 Å². The third-order valence-electron chi connectivity index (χ3n) is 4.95. The van der Waals surface area contributed by atoms with Crippen molar-refractivity contribution >= 4 is 15.9 Å². The van der Waals surface area contributed by atoms with Crippen LogP contribution >= 0.6 is 15.9 Å². The summed E-state index contributed by atoms with van der Waals surface area (Å²) in [4.78, 5) is 14.5. The van der Waals surface area contributed by atoms with Gasteiger partial charge >= 0.3 is 0 Å². The van der Waals surface area contributed by atoms with Gasteiger partial charge in [-0.05, 0) is 52.0 Å². The van der Waals surface area contributed by atoms with Gasteiger partial charge in [-0.3, -0.25) is 9.69 Å². The van der Waals surface area contributed by atoms with E-state index < -0.39 is 0 Å². The summed E-state index contributed by atoms with van der Waals surface area (Å²) in [6.07, 6.45) is 1.16. The van der Waals surface area contributed by atoms with Crippen molar-refractivity contribution in [3.05, 3.63) is 68.3 Å². The van der Waals surface area contributed by atoms with Gasteiger partial charge in [0.2, 0.25) is 0 Å². The molecule has 120 valence electrons. The number of aromatic nitrogens is 1. The van der Waals surface area contributed by atoms with E-state index in [1.807, 2.05) is 22.8 Å². The van der Waals surface area contributed by atoms with Gasteiger partial charge in [0.1, 0.15) is 5.82 Å². The monoisotopic (exact) mass is 376 g/mol. The lowest BCUT2D eigenvalue weighted by molar-refractivity contribution is 0.114. The van der Waals surface area contributed by atoms with E-state index in [1.165, 1.54) is 11.8 Å². The van der Waals surface area contributed by atoms with Crippen LogP contribution in [0.25, 0.3) is 0 Å². The van der Waals surface area contributed by atoms with Crippen molar-refractivity contribution in [2.75, 3.05) is 13.1 Å². The summed E-state index contributed by atoms with van der Waals surface area (Å²) in [7, 11) is 0. The SMILES string of the molecule is O=c1cccc2n1CC1CC2CN(Cc2ccc(F)c(Br)c2)C1. The summed E-state index contributed by atoms with van der Waals surface area (Å²) < 4.78 is 15.8. The number of likely N-dealkylation sites (tertiary alicyclic amines) is 1. The fraction of sp³-hybridized carbons (Fsp3) is 0.389. The Labute approximate surface area is 142 Å². The fourth-order valence-corrected chi connectivity index (χ4v) is 4.45. The normalized spacial score (nSPS) is 23.6. The van der Waals surface area contributed by atoms with Crippen molar-refractivity contribution in [2.45, 2.75) is 25.4 Å². The number of halogens is 2. The predicted octanol–water partition coefficient (Wildman–Crippen LogP) is 3.37. The molecular formula is C18H18BrFN2O. The molecule has 2 atom stereocenters. The van der Waals surface area contributed by atoms with Crippen LogP contribution in [0.15, 0.2) is 45.7 Å². The summed E-state index contributed by atoms with van der Waals surface area (Å²) in [6, 6.07) is 10.8. The van der Waals surface area contributed by atoms with E-state index in [1.54, 1.807) is 6.07 Å². The first kappa shape index (κ1) is 15.1. The Morgan fingerprint density at radius 2 is 2.04 bits per heavy atom. The first-order valence-corrected chi connectivity index (χ1v) is 8.75. The lowest BCUT2D eigenvalue weighted by Gasteiger charge is -2.42. The van der Waals surface area contributed by atoms with Crippen molar-refractivity contribution in [1.82, 2.24) is 9.47 Å². The summed E-state index contributed by atoms with van der Waals surface area (Å²) in [5.74, 6) is 0.711. The maximum atomic E-state index is 13.4. The van der Waals surface area contributed by atoms with Crippen molar-refractivity contribution < 1.29 is 4.39 Å². The number of nitrogens with zero attached hydrogens (tertiary/aromatic N) is 2. The Balaban J connectivity index is 1.56. The second-order valence-corrected chi connectivity index (χ2v) is 7.50. The molecule has 0 amide bonds. The number of rotatable bonds is 2. The molecule has 2 aliphatic rings. The lowest BCUT2D eigenvalue weighted by Crippen LogP contribution is -2.46. The third kappa shape index (κ3) is 2.88. The minimum absolute atomic E-state index is 0.119. The highest BCUT2D eigenvalue weighted by molar-refractivity contribution is 9.10. The summed E-state index contributed by atoms with van der Waals surface area (Å²) in [5.41, 5.74) is 2.40. The first-order chi connectivity index (χ1) is 11.1. The highest BCUT2D eigenvalue weighted by Crippen LogP contribution is 2.35. The zero-order valence-electron chi connectivity index (χ0n) is 12.7. The van der Waals surface area contributed by atoms with E-state index in [2.05, 4.69) is 26.9 Å². The van der Waals surface area contributed by atoms with Crippen LogP contribution in [0.4, 0.5) is 4.39 Å². The molecule has 0 N–H and O–H groups in total. The number of pyridine rings is 1. The van der Waals surface area contributed by atoms with Crippen LogP contribution in [0.1, 0.15) is 23.6 Å². The summed E-state index contributed by atoms with van der Waals surface area (Å²) in [6.45, 7) is 3.58. The molecule has 3 heterocycles. The number of benzene rings is 1. The van der Waals surface area contributed by atoms with Crippen molar-refractivity contribution in [3.8, 4) is 0 Å². The zero-order chi connectivity index (χ0) is 16.0. The minimum atomic E-state index is -0.224. The molecule has 2 aliphatic heterocycles. The first-order valence-electron chi connectivity index (χ1n) is 7.96. The number of hydrogen-bond donors (Lipinski definition) is 0. The molecule has 4 rings (SSSR count). The molecule has 2 unspecified atom stereocenters. The van der Waals surface area contributed by atoms with Gasteiger partial charge in [-0.15, -0.1) is 0 Å². The topological polar surface area (TPSA) is 25.2 Å². The second kappa shape index (κ2) is 5.87. The molecule has 0 aliphatic carbocycles. The summed E-state index contributed by atoms with van der Waals surface area (Å²) in [5, 5.41) is 0. The number of piperidine rings is 1. The Kier molecular flexibility index (Phi) is 3.85. The van der Waals surface area contributed by atoms with Gasteiger partial charge in [-0.25, -0.2) is 4.39 Å². The average molecular weight is 377 g/mol. The van der Waals surface area contributed by atoms with Crippen LogP contribution in [0.2, 0.25) is 0 Å². The predicted molar refractivity (Wildman–Crippen MR) is 90.9 cm³/mol. The maximum absolute atomic E-state index is 13.4. The smallest absolute Gasteiger partial charge is 0.250 e. The maximum Gasteiger partial charge on any atom is 0.250 e. The Morgan fingerprint density at radius 1 is 1.17 bits per heavy atom. The fourth-order valence-electron chi connectivity index (χ4n) is 4.02. The summed E-state index contributed by atoms with van der Waals surface area (Å²) >= 11 is 3.26. The highest BCUT2D eigenvalue weighted by Gasteiger charge is 2.34. The minimum Gasteiger partial charge on any atom is -0.312 e. The molecule has 1 saturated heterocycles. The van der Waals surface area contributed by atoms with Crippen LogP contribution in [0, 0.1) is 11.7 Å². The standard InChI is InChI=1S/C18H18BrFN2O/c19-15-7-12(4-5-16(15)20)8-21-9-13-6-14(11-21)17-2-1-3-18(23)22(17)10-13/h1-5,7,13-14H,6,8-11H2. The molecule has 0 spiro atoms. The van der Waals surface area contributed by atoms with E-state index in [0.29, 0.717) is 16.3 Å². The van der Waals surface area contributed by atoms with Gasteiger partial charge in [-0.2, -0.15) is 0 Å². The van der Waals surface area contributed by atoms with Crippen LogP contribution < -0.4 is 5.56 Å². The van der Waals surface area contributed by atoms with Gasteiger partial charge < -0.3 is 4.57 Å². The Hall–Kier alpha value is -1.46. The van der Waals surface area contributed by atoms with Crippen molar-refractivity contribution in [2.24, 2.45) is 5.92 Å².